The summed E-state index contributed by atoms with van der Waals surface area (Å²) in [5.74, 6) is 1.07. The highest BCUT2D eigenvalue weighted by atomic mass is 16.7. The van der Waals surface area contributed by atoms with Crippen LogP contribution in [0.25, 0.3) is 0 Å². The maximum absolute atomic E-state index is 12.0. The molecule has 0 saturated carbocycles. The Morgan fingerprint density at radius 2 is 1.00 bits per heavy atom. The lowest BCUT2D eigenvalue weighted by molar-refractivity contribution is 0.151. The second-order valence-electron chi connectivity index (χ2n) is 5.72. The van der Waals surface area contributed by atoms with Crippen LogP contribution in [0.4, 0.5) is 4.79 Å². The van der Waals surface area contributed by atoms with Crippen LogP contribution in [0.2, 0.25) is 0 Å². The van der Waals surface area contributed by atoms with Crippen molar-refractivity contribution in [2.24, 2.45) is 0 Å². The van der Waals surface area contributed by atoms with Crippen LogP contribution in [0.3, 0.4) is 0 Å². The Hall–Kier alpha value is -2.29. The summed E-state index contributed by atoms with van der Waals surface area (Å²) in [6, 6.07) is 7.47. The van der Waals surface area contributed by atoms with Gasteiger partial charge in [-0.2, -0.15) is 0 Å². The predicted octanol–water partition coefficient (Wildman–Crippen LogP) is 5.11. The van der Waals surface area contributed by atoms with E-state index in [9.17, 15) is 4.79 Å². The van der Waals surface area contributed by atoms with E-state index in [1.165, 1.54) is 11.1 Å². The van der Waals surface area contributed by atoms with E-state index < -0.39 is 6.16 Å². The molecule has 0 spiro atoms. The zero-order valence-electron chi connectivity index (χ0n) is 14.0. The lowest BCUT2D eigenvalue weighted by Crippen LogP contribution is -2.15. The maximum atomic E-state index is 12.0. The lowest BCUT2D eigenvalue weighted by atomic mass is 10.0. The Kier molecular flexibility index (Phi) is 4.55. The molecular weight excluding hydrogens is 276 g/mol. The Labute approximate surface area is 131 Å². The average Bonchev–Trinajstić information content (AvgIpc) is 2.48. The molecule has 0 atom stereocenters. The van der Waals surface area contributed by atoms with Crippen LogP contribution in [0.15, 0.2) is 24.3 Å². The van der Waals surface area contributed by atoms with Gasteiger partial charge in [0.25, 0.3) is 0 Å². The highest BCUT2D eigenvalue weighted by Crippen LogP contribution is 2.26. The Morgan fingerprint density at radius 1 is 0.636 bits per heavy atom. The van der Waals surface area contributed by atoms with Crippen molar-refractivity contribution < 1.29 is 14.3 Å². The number of rotatable bonds is 2. The molecule has 116 valence electrons. The summed E-state index contributed by atoms with van der Waals surface area (Å²) < 4.78 is 10.7. The summed E-state index contributed by atoms with van der Waals surface area (Å²) in [6.07, 6.45) is -0.710. The van der Waals surface area contributed by atoms with Crippen molar-refractivity contribution in [3.8, 4) is 11.5 Å². The molecular formula is C19H22O3. The van der Waals surface area contributed by atoms with E-state index in [1.807, 2.05) is 53.7 Å². The highest BCUT2D eigenvalue weighted by Gasteiger charge is 2.14. The summed E-state index contributed by atoms with van der Waals surface area (Å²) in [7, 11) is 0. The first-order chi connectivity index (χ1) is 10.3. The van der Waals surface area contributed by atoms with Crippen LogP contribution in [0, 0.1) is 41.5 Å². The Bertz CT molecular complexity index is 668. The minimum absolute atomic E-state index is 0.537. The molecule has 22 heavy (non-hydrogen) atoms. The molecule has 0 bridgehead atoms. The zero-order valence-corrected chi connectivity index (χ0v) is 14.0. The average molecular weight is 298 g/mol. The van der Waals surface area contributed by atoms with E-state index in [1.54, 1.807) is 12.1 Å². The number of carbonyl (C=O) groups is 1. The summed E-state index contributed by atoms with van der Waals surface area (Å²) in [6.45, 7) is 12.0. The van der Waals surface area contributed by atoms with E-state index in [0.29, 0.717) is 11.5 Å². The van der Waals surface area contributed by atoms with Crippen molar-refractivity contribution in [2.45, 2.75) is 41.5 Å². The van der Waals surface area contributed by atoms with Crippen molar-refractivity contribution in [2.75, 3.05) is 0 Å². The van der Waals surface area contributed by atoms with Gasteiger partial charge in [-0.3, -0.25) is 0 Å². The van der Waals surface area contributed by atoms with Crippen LogP contribution >= 0.6 is 0 Å². The van der Waals surface area contributed by atoms with Crippen LogP contribution in [0.1, 0.15) is 33.4 Å². The second kappa shape index (κ2) is 6.22. The fourth-order valence-corrected chi connectivity index (χ4v) is 2.28. The molecule has 0 fully saturated rings. The molecule has 0 aliphatic carbocycles. The van der Waals surface area contributed by atoms with Crippen molar-refractivity contribution in [3.63, 3.8) is 0 Å². The minimum Gasteiger partial charge on any atom is -0.394 e. The fraction of sp³-hybridized carbons (Fsp3) is 0.316. The largest absolute Gasteiger partial charge is 0.519 e. The van der Waals surface area contributed by atoms with Gasteiger partial charge in [0.05, 0.1) is 0 Å². The van der Waals surface area contributed by atoms with Gasteiger partial charge in [-0.25, -0.2) is 4.79 Å². The number of ether oxygens (including phenoxy) is 2. The first-order valence-electron chi connectivity index (χ1n) is 7.34. The monoisotopic (exact) mass is 298 g/mol. The van der Waals surface area contributed by atoms with Crippen LogP contribution in [0.5, 0.6) is 11.5 Å². The molecule has 0 radical (unpaired) electrons. The number of hydrogen-bond donors (Lipinski definition) is 0. The van der Waals surface area contributed by atoms with Gasteiger partial charge in [-0.15, -0.1) is 0 Å². The van der Waals surface area contributed by atoms with Gasteiger partial charge in [-0.1, -0.05) is 12.1 Å². The maximum Gasteiger partial charge on any atom is 0.519 e. The highest BCUT2D eigenvalue weighted by molar-refractivity contribution is 5.69. The van der Waals surface area contributed by atoms with Crippen molar-refractivity contribution in [1.82, 2.24) is 0 Å². The van der Waals surface area contributed by atoms with Gasteiger partial charge >= 0.3 is 6.16 Å². The fourth-order valence-electron chi connectivity index (χ4n) is 2.28. The van der Waals surface area contributed by atoms with E-state index >= 15 is 0 Å². The summed E-state index contributed by atoms with van der Waals surface area (Å²) in [4.78, 5) is 12.0. The number of carbonyl (C=O) groups excluding carboxylic acids is 1. The number of aryl methyl sites for hydroxylation is 2. The predicted molar refractivity (Wildman–Crippen MR) is 88.0 cm³/mol. The van der Waals surface area contributed by atoms with Gasteiger partial charge in [0, 0.05) is 0 Å². The van der Waals surface area contributed by atoms with Gasteiger partial charge < -0.3 is 9.47 Å². The molecule has 0 amide bonds. The standard InChI is InChI=1S/C19H22O3/c1-11-7-9-17(15(5)13(11)3)21-19(20)22-18-10-8-12(2)14(4)16(18)6/h7-10H,1-6H3. The lowest BCUT2D eigenvalue weighted by Gasteiger charge is -2.13. The first-order valence-corrected chi connectivity index (χ1v) is 7.34. The Balaban J connectivity index is 2.18. The molecule has 0 heterocycles. The molecule has 2 aromatic rings. The van der Waals surface area contributed by atoms with E-state index in [4.69, 9.17) is 9.47 Å². The van der Waals surface area contributed by atoms with E-state index in [-0.39, 0.29) is 0 Å². The molecule has 0 aliphatic rings. The van der Waals surface area contributed by atoms with Crippen LogP contribution in [-0.4, -0.2) is 6.16 Å². The first kappa shape index (κ1) is 16.1. The molecule has 3 nitrogen and oxygen atoms in total. The van der Waals surface area contributed by atoms with Crippen LogP contribution in [-0.2, 0) is 0 Å². The quantitative estimate of drug-likeness (QED) is 0.570. The normalized spacial score (nSPS) is 10.5. The molecule has 0 saturated heterocycles. The molecule has 3 heteroatoms. The van der Waals surface area contributed by atoms with E-state index in [2.05, 4.69) is 0 Å². The molecule has 2 rings (SSSR count). The molecule has 0 unspecified atom stereocenters. The third-order valence-electron chi connectivity index (χ3n) is 4.40. The van der Waals surface area contributed by atoms with Gasteiger partial charge in [-0.05, 0) is 87.1 Å². The number of benzene rings is 2. The molecule has 0 aliphatic heterocycles. The number of hydrogen-bond acceptors (Lipinski definition) is 3. The van der Waals surface area contributed by atoms with Crippen molar-refractivity contribution >= 4 is 6.16 Å². The third kappa shape index (κ3) is 3.14. The van der Waals surface area contributed by atoms with Crippen LogP contribution < -0.4 is 9.47 Å². The van der Waals surface area contributed by atoms with E-state index in [0.717, 1.165) is 22.3 Å². The Morgan fingerprint density at radius 3 is 1.36 bits per heavy atom. The van der Waals surface area contributed by atoms with Crippen molar-refractivity contribution in [1.29, 1.82) is 0 Å². The van der Waals surface area contributed by atoms with Gasteiger partial charge in [0.1, 0.15) is 11.5 Å². The van der Waals surface area contributed by atoms with Crippen molar-refractivity contribution in [3.05, 3.63) is 57.6 Å². The second-order valence-corrected chi connectivity index (χ2v) is 5.72. The molecule has 0 N–H and O–H groups in total. The summed E-state index contributed by atoms with van der Waals surface area (Å²) in [5, 5.41) is 0. The SMILES string of the molecule is Cc1ccc(OC(=O)Oc2ccc(C)c(C)c2C)c(C)c1C. The summed E-state index contributed by atoms with van der Waals surface area (Å²) in [5.41, 5.74) is 6.48. The van der Waals surface area contributed by atoms with Gasteiger partial charge in [0.2, 0.25) is 0 Å². The topological polar surface area (TPSA) is 35.5 Å². The zero-order chi connectivity index (χ0) is 16.4. The smallest absolute Gasteiger partial charge is 0.394 e. The minimum atomic E-state index is -0.710. The third-order valence-corrected chi connectivity index (χ3v) is 4.40. The molecule has 2 aromatic carbocycles. The van der Waals surface area contributed by atoms with Gasteiger partial charge in [0.15, 0.2) is 0 Å². The molecule has 0 aromatic heterocycles. The summed E-state index contributed by atoms with van der Waals surface area (Å²) >= 11 is 0.